The highest BCUT2D eigenvalue weighted by atomic mass is 16.5. The molecule has 14 heteroatoms. The van der Waals surface area contributed by atoms with Crippen molar-refractivity contribution in [3.63, 3.8) is 0 Å². The maximum atomic E-state index is 13.2. The van der Waals surface area contributed by atoms with E-state index < -0.39 is 29.7 Å². The van der Waals surface area contributed by atoms with Crippen molar-refractivity contribution < 1.29 is 28.7 Å². The van der Waals surface area contributed by atoms with E-state index in [0.29, 0.717) is 17.1 Å². The first kappa shape index (κ1) is 32.5. The largest absolute Gasteiger partial charge is 0.490 e. The lowest BCUT2D eigenvalue weighted by molar-refractivity contribution is -0.136. The highest BCUT2D eigenvalue weighted by Crippen LogP contribution is 2.34. The zero-order valence-electron chi connectivity index (χ0n) is 27.7. The minimum Gasteiger partial charge on any atom is -0.490 e. The van der Waals surface area contributed by atoms with E-state index in [2.05, 4.69) is 37.4 Å². The fraction of sp³-hybridized carbons (Fsp3) is 0.211. The van der Waals surface area contributed by atoms with Crippen LogP contribution >= 0.6 is 0 Å². The Hall–Kier alpha value is -6.70. The first-order chi connectivity index (χ1) is 25.3. The molecule has 2 N–H and O–H groups in total. The Morgan fingerprint density at radius 1 is 0.846 bits per heavy atom. The topological polar surface area (TPSA) is 171 Å². The van der Waals surface area contributed by atoms with E-state index in [1.54, 1.807) is 43.0 Å². The highest BCUT2D eigenvalue weighted by Gasteiger charge is 2.44. The van der Waals surface area contributed by atoms with Crippen molar-refractivity contribution in [2.75, 3.05) is 5.32 Å². The second kappa shape index (κ2) is 13.5. The first-order valence-electron chi connectivity index (χ1n) is 16.8. The molecule has 3 aromatic carbocycles. The molecule has 1 aliphatic carbocycles. The summed E-state index contributed by atoms with van der Waals surface area (Å²) in [7, 11) is 0. The van der Waals surface area contributed by atoms with Crippen LogP contribution in [0.15, 0.2) is 104 Å². The van der Waals surface area contributed by atoms with Gasteiger partial charge in [0, 0.05) is 36.9 Å². The summed E-state index contributed by atoms with van der Waals surface area (Å²) >= 11 is 0. The standard InChI is InChI=1S/C38H32N8O6/c1-2-30(23-5-10-28(11-6-23)52-38-39-20-26(21-40-38)46-41-15-16-42-46)22-3-8-27(9-4-22)51-29-17-25(18-29)43-24-7-12-31-32(19-24)37(50)45(36(31)49)33-13-14-34(47)44-35(33)48/h2-12,15-16,19-21,25,29-30,33,43H,1,13-14,17-18H2,(H,44,47,48). The van der Waals surface area contributed by atoms with Gasteiger partial charge in [0.1, 0.15) is 29.3 Å². The summed E-state index contributed by atoms with van der Waals surface area (Å²) < 4.78 is 12.1. The molecular formula is C38H32N8O6. The normalized spacial score (nSPS) is 20.1. The Labute approximate surface area is 297 Å². The molecule has 2 fully saturated rings. The quantitative estimate of drug-likeness (QED) is 0.146. The average Bonchev–Trinajstić information content (AvgIpc) is 3.76. The molecule has 1 saturated heterocycles. The van der Waals surface area contributed by atoms with Crippen LogP contribution in [0.1, 0.15) is 63.4 Å². The van der Waals surface area contributed by atoms with Crippen LogP contribution < -0.4 is 20.1 Å². The van der Waals surface area contributed by atoms with Gasteiger partial charge in [-0.05, 0) is 60.0 Å². The maximum absolute atomic E-state index is 13.2. The number of allylic oxidation sites excluding steroid dienone is 1. The van der Waals surface area contributed by atoms with Crippen LogP contribution in [0, 0.1) is 0 Å². The van der Waals surface area contributed by atoms with Gasteiger partial charge in [-0.3, -0.25) is 29.4 Å². The van der Waals surface area contributed by atoms with E-state index in [4.69, 9.17) is 9.47 Å². The fourth-order valence-electron chi connectivity index (χ4n) is 6.65. The molecule has 8 rings (SSSR count). The molecule has 4 amide bonds. The van der Waals surface area contributed by atoms with Crippen LogP contribution in [0.5, 0.6) is 17.5 Å². The molecular weight excluding hydrogens is 664 g/mol. The number of anilines is 1. The Balaban J connectivity index is 0.829. The van der Waals surface area contributed by atoms with Gasteiger partial charge in [-0.25, -0.2) is 9.97 Å². The van der Waals surface area contributed by atoms with Gasteiger partial charge < -0.3 is 14.8 Å². The molecule has 5 aromatic rings. The average molecular weight is 697 g/mol. The predicted octanol–water partition coefficient (Wildman–Crippen LogP) is 4.59. The molecule has 2 atom stereocenters. The molecule has 1 saturated carbocycles. The SMILES string of the molecule is C=CC(c1ccc(Oc2ncc(-n3nccn3)cn2)cc1)c1ccc(OC2CC(Nc3ccc4c(c3)C(=O)N(C3CCC(=O)NC3=O)C4=O)C2)cc1. The van der Waals surface area contributed by atoms with Crippen LogP contribution in [-0.4, -0.2) is 71.7 Å². The number of piperidine rings is 1. The van der Waals surface area contributed by atoms with E-state index in [9.17, 15) is 19.2 Å². The van der Waals surface area contributed by atoms with Gasteiger partial charge in [0.15, 0.2) is 0 Å². The number of aromatic nitrogens is 5. The number of hydrogen-bond acceptors (Lipinski definition) is 11. The zero-order chi connectivity index (χ0) is 35.8. The number of ether oxygens (including phenoxy) is 2. The van der Waals surface area contributed by atoms with E-state index in [1.165, 1.54) is 4.80 Å². The number of amides is 4. The van der Waals surface area contributed by atoms with E-state index in [1.807, 2.05) is 54.6 Å². The van der Waals surface area contributed by atoms with Crippen LogP contribution in [0.3, 0.4) is 0 Å². The summed E-state index contributed by atoms with van der Waals surface area (Å²) in [5, 5.41) is 13.8. The second-order valence-corrected chi connectivity index (χ2v) is 12.8. The van der Waals surface area contributed by atoms with Crippen LogP contribution in [0.2, 0.25) is 0 Å². The molecule has 2 aliphatic heterocycles. The van der Waals surface area contributed by atoms with E-state index in [0.717, 1.165) is 34.6 Å². The Morgan fingerprint density at radius 2 is 1.50 bits per heavy atom. The van der Waals surface area contributed by atoms with Gasteiger partial charge in [0.25, 0.3) is 11.8 Å². The summed E-state index contributed by atoms with van der Waals surface area (Å²) in [6, 6.07) is 20.1. The molecule has 0 spiro atoms. The Kier molecular flexibility index (Phi) is 8.47. The number of nitrogens with one attached hydrogen (secondary N) is 2. The number of rotatable bonds is 11. The zero-order valence-corrected chi connectivity index (χ0v) is 27.7. The number of hydrogen-bond donors (Lipinski definition) is 2. The first-order valence-corrected chi connectivity index (χ1v) is 16.8. The number of imide groups is 2. The minimum absolute atomic E-state index is 0.0224. The Morgan fingerprint density at radius 3 is 2.15 bits per heavy atom. The monoisotopic (exact) mass is 696 g/mol. The Bertz CT molecular complexity index is 2160. The number of benzene rings is 3. The van der Waals surface area contributed by atoms with Gasteiger partial charge in [-0.2, -0.15) is 10.2 Å². The van der Waals surface area contributed by atoms with Gasteiger partial charge in [-0.15, -0.1) is 11.4 Å². The summed E-state index contributed by atoms with van der Waals surface area (Å²) in [5.74, 6) is -0.757. The van der Waals surface area contributed by atoms with Crippen molar-refractivity contribution in [2.45, 2.75) is 49.8 Å². The molecule has 2 aromatic heterocycles. The second-order valence-electron chi connectivity index (χ2n) is 12.8. The van der Waals surface area contributed by atoms with Crippen molar-refractivity contribution in [2.24, 2.45) is 0 Å². The lowest BCUT2D eigenvalue weighted by Crippen LogP contribution is -2.54. The van der Waals surface area contributed by atoms with Gasteiger partial charge >= 0.3 is 6.01 Å². The number of carbonyl (C=O) groups excluding carboxylic acids is 4. The van der Waals surface area contributed by atoms with Gasteiger partial charge in [0.05, 0.1) is 35.9 Å². The van der Waals surface area contributed by atoms with Crippen molar-refractivity contribution in [1.82, 2.24) is 35.2 Å². The third-order valence-electron chi connectivity index (χ3n) is 9.40. The fourth-order valence-corrected chi connectivity index (χ4v) is 6.65. The van der Waals surface area contributed by atoms with Crippen LogP contribution in [0.25, 0.3) is 5.69 Å². The van der Waals surface area contributed by atoms with Gasteiger partial charge in [0.2, 0.25) is 11.8 Å². The molecule has 260 valence electrons. The molecule has 0 bridgehead atoms. The number of fused-ring (bicyclic) bond motifs is 1. The molecule has 3 aliphatic rings. The molecule has 4 heterocycles. The van der Waals surface area contributed by atoms with E-state index in [-0.39, 0.29) is 48.0 Å². The lowest BCUT2D eigenvalue weighted by atomic mass is 9.88. The van der Waals surface area contributed by atoms with Crippen molar-refractivity contribution in [1.29, 1.82) is 0 Å². The maximum Gasteiger partial charge on any atom is 0.322 e. The summed E-state index contributed by atoms with van der Waals surface area (Å²) in [4.78, 5) is 60.9. The summed E-state index contributed by atoms with van der Waals surface area (Å²) in [6.45, 7) is 4.06. The third kappa shape index (κ3) is 6.37. The molecule has 52 heavy (non-hydrogen) atoms. The number of carbonyl (C=O) groups is 4. The van der Waals surface area contributed by atoms with Crippen molar-refractivity contribution >= 4 is 29.3 Å². The summed E-state index contributed by atoms with van der Waals surface area (Å²) in [6.07, 6.45) is 9.96. The molecule has 14 nitrogen and oxygen atoms in total. The van der Waals surface area contributed by atoms with E-state index >= 15 is 0 Å². The molecule has 2 unspecified atom stereocenters. The third-order valence-corrected chi connectivity index (χ3v) is 9.40. The van der Waals surface area contributed by atoms with Gasteiger partial charge in [-0.1, -0.05) is 30.3 Å². The van der Waals surface area contributed by atoms with Crippen molar-refractivity contribution in [3.8, 4) is 23.2 Å². The smallest absolute Gasteiger partial charge is 0.322 e. The lowest BCUT2D eigenvalue weighted by Gasteiger charge is -2.36. The predicted molar refractivity (Wildman–Crippen MR) is 186 cm³/mol. The van der Waals surface area contributed by atoms with Crippen molar-refractivity contribution in [3.05, 3.63) is 126 Å². The summed E-state index contributed by atoms with van der Waals surface area (Å²) in [5.41, 5.74) is 3.94. The minimum atomic E-state index is -0.992. The number of nitrogens with zero attached hydrogens (tertiary/aromatic N) is 6. The van der Waals surface area contributed by atoms with Crippen LogP contribution in [-0.2, 0) is 9.59 Å². The highest BCUT2D eigenvalue weighted by molar-refractivity contribution is 6.23. The van der Waals surface area contributed by atoms with Crippen LogP contribution in [0.4, 0.5) is 5.69 Å². The molecule has 0 radical (unpaired) electrons.